The number of hydrogen-bond donors (Lipinski definition) is 3. The average Bonchev–Trinajstić information content (AvgIpc) is 3.16. The zero-order chi connectivity index (χ0) is 25.1. The quantitative estimate of drug-likeness (QED) is 0.476. The van der Waals surface area contributed by atoms with E-state index in [0.29, 0.717) is 13.0 Å². The first-order valence-corrected chi connectivity index (χ1v) is 14.0. The van der Waals surface area contributed by atoms with Crippen molar-refractivity contribution in [1.29, 1.82) is 0 Å². The van der Waals surface area contributed by atoms with Crippen molar-refractivity contribution in [2.24, 2.45) is 5.41 Å². The maximum absolute atomic E-state index is 13.4. The number of rotatable bonds is 4. The van der Waals surface area contributed by atoms with Crippen LogP contribution in [0.3, 0.4) is 0 Å². The van der Waals surface area contributed by atoms with E-state index in [2.05, 4.69) is 14.8 Å². The summed E-state index contributed by atoms with van der Waals surface area (Å²) >= 11 is 0. The Hall–Kier alpha value is -3.06. The van der Waals surface area contributed by atoms with Crippen molar-refractivity contribution in [1.82, 2.24) is 24.0 Å². The molecular weight excluding hydrogens is 482 g/mol. The van der Waals surface area contributed by atoms with Crippen LogP contribution in [-0.2, 0) is 26.6 Å². The second-order valence-electron chi connectivity index (χ2n) is 9.69. The molecule has 3 heterocycles. The Labute approximate surface area is 196 Å². The average molecular weight is 510 g/mol. The molecule has 2 aliphatic rings. The van der Waals surface area contributed by atoms with Crippen LogP contribution >= 0.6 is 0 Å². The Balaban J connectivity index is 1.86. The molecule has 1 aliphatic heterocycles. The smallest absolute Gasteiger partial charge is 0.280 e. The second-order valence-corrected chi connectivity index (χ2v) is 13.3. The van der Waals surface area contributed by atoms with Crippen LogP contribution in [0.15, 0.2) is 51.8 Å². The molecule has 3 N–H and O–H groups in total. The molecule has 1 aliphatic carbocycles. The first kappa shape index (κ1) is 24.1. The molecule has 2 aromatic heterocycles. The Morgan fingerprint density at radius 2 is 1.91 bits per heavy atom. The molecular formula is C21H27N5O6S2. The number of fused-ring (bicyclic) bond motifs is 2. The maximum Gasteiger partial charge on any atom is 0.280 e. The lowest BCUT2D eigenvalue weighted by molar-refractivity contribution is 0.331. The minimum atomic E-state index is -4.10. The maximum atomic E-state index is 13.4. The van der Waals surface area contributed by atoms with Gasteiger partial charge in [-0.05, 0) is 36.1 Å². The van der Waals surface area contributed by atoms with E-state index in [1.54, 1.807) is 18.3 Å². The molecule has 13 heteroatoms. The summed E-state index contributed by atoms with van der Waals surface area (Å²) in [6, 6.07) is 2.42. The fourth-order valence-corrected chi connectivity index (χ4v) is 5.98. The predicted molar refractivity (Wildman–Crippen MR) is 129 cm³/mol. The van der Waals surface area contributed by atoms with Crippen molar-refractivity contribution < 1.29 is 16.8 Å². The van der Waals surface area contributed by atoms with E-state index in [-0.39, 0.29) is 27.7 Å². The first-order chi connectivity index (χ1) is 15.7. The number of sulfonamides is 2. The van der Waals surface area contributed by atoms with E-state index < -0.39 is 42.3 Å². The number of hydrogen-bond acceptors (Lipinski definition) is 7. The zero-order valence-corrected chi connectivity index (χ0v) is 20.8. The largest absolute Gasteiger partial charge is 0.362 e. The summed E-state index contributed by atoms with van der Waals surface area (Å²) in [7, 11) is -7.70. The molecule has 0 aromatic carbocycles. The van der Waals surface area contributed by atoms with Gasteiger partial charge in [-0.3, -0.25) is 23.5 Å². The van der Waals surface area contributed by atoms with Gasteiger partial charge >= 0.3 is 0 Å². The lowest BCUT2D eigenvalue weighted by atomic mass is 9.92. The predicted octanol–water partition coefficient (Wildman–Crippen LogP) is -1.06. The molecule has 34 heavy (non-hydrogen) atoms. The Kier molecular flexibility index (Phi) is 5.67. The van der Waals surface area contributed by atoms with Gasteiger partial charge in [-0.1, -0.05) is 26.8 Å². The van der Waals surface area contributed by atoms with Crippen LogP contribution in [0.25, 0.3) is 11.3 Å². The molecule has 0 saturated carbocycles. The third kappa shape index (κ3) is 4.62. The van der Waals surface area contributed by atoms with Gasteiger partial charge < -0.3 is 5.32 Å². The fourth-order valence-electron chi connectivity index (χ4n) is 3.96. The molecule has 11 nitrogen and oxygen atoms in total. The highest BCUT2D eigenvalue weighted by atomic mass is 32.2. The van der Waals surface area contributed by atoms with Crippen LogP contribution < -0.4 is 31.0 Å². The van der Waals surface area contributed by atoms with Crippen molar-refractivity contribution >= 4 is 31.4 Å². The van der Waals surface area contributed by atoms with Crippen LogP contribution in [0.1, 0.15) is 27.2 Å². The minimum Gasteiger partial charge on any atom is -0.362 e. The van der Waals surface area contributed by atoms with Gasteiger partial charge in [-0.2, -0.15) is 0 Å². The summed E-state index contributed by atoms with van der Waals surface area (Å²) in [5.74, 6) is -0.193. The molecule has 0 amide bonds. The molecule has 0 radical (unpaired) electrons. The SMILES string of the molecule is CC(C)(C)CCn1c(=O)c(=C2NC3C=CC(NS(C)(=O)=O)=CC3S(=O)(=O)N2)c(=O)c2cccn21. The molecule has 4 rings (SSSR count). The standard InChI is InChI=1S/C21H27N5O6S2/c1-21(2,3)9-11-26-20(28)17(18(27)15-6-5-10-25(15)26)19-22-14-8-7-13(23-33(4,29)30)12-16(14)34(31,32)24-19/h5-8,10,12,14,16,22-24H,9,11H2,1-4H3. The first-order valence-electron chi connectivity index (χ1n) is 10.6. The summed E-state index contributed by atoms with van der Waals surface area (Å²) in [4.78, 5) is 26.6. The van der Waals surface area contributed by atoms with Gasteiger partial charge in [0.2, 0.25) is 25.5 Å². The molecule has 0 spiro atoms. The van der Waals surface area contributed by atoms with Crippen LogP contribution in [0.5, 0.6) is 0 Å². The number of nitrogens with zero attached hydrogens (tertiary/aromatic N) is 2. The van der Waals surface area contributed by atoms with E-state index >= 15 is 0 Å². The highest BCUT2D eigenvalue weighted by Gasteiger charge is 2.39. The molecule has 2 unspecified atom stereocenters. The van der Waals surface area contributed by atoms with Crippen LogP contribution in [-0.4, -0.2) is 43.6 Å². The van der Waals surface area contributed by atoms with Crippen molar-refractivity contribution in [3.05, 3.63) is 68.1 Å². The third-order valence-corrected chi connectivity index (χ3v) is 7.86. The van der Waals surface area contributed by atoms with E-state index in [0.717, 1.165) is 6.26 Å². The highest BCUT2D eigenvalue weighted by molar-refractivity contribution is 7.90. The van der Waals surface area contributed by atoms with Crippen molar-refractivity contribution in [2.45, 2.75) is 45.0 Å². The summed E-state index contributed by atoms with van der Waals surface area (Å²) in [5, 5.41) is 1.50. The van der Waals surface area contributed by atoms with Gasteiger partial charge in [0.1, 0.15) is 21.8 Å². The summed E-state index contributed by atoms with van der Waals surface area (Å²) in [6.45, 7) is 6.44. The van der Waals surface area contributed by atoms with Crippen LogP contribution in [0, 0.1) is 5.41 Å². The third-order valence-electron chi connectivity index (χ3n) is 5.62. The Morgan fingerprint density at radius 3 is 2.56 bits per heavy atom. The number of allylic oxidation sites excluding steroid dienone is 1. The summed E-state index contributed by atoms with van der Waals surface area (Å²) in [6.07, 6.45) is 7.42. The molecule has 0 bridgehead atoms. The van der Waals surface area contributed by atoms with Crippen molar-refractivity contribution in [2.75, 3.05) is 6.26 Å². The molecule has 2 aromatic rings. The van der Waals surface area contributed by atoms with E-state index in [9.17, 15) is 26.4 Å². The van der Waals surface area contributed by atoms with Gasteiger partial charge in [0.05, 0.1) is 12.3 Å². The Bertz CT molecular complexity index is 1610. The summed E-state index contributed by atoms with van der Waals surface area (Å²) < 4.78 is 56.6. The van der Waals surface area contributed by atoms with Gasteiger partial charge in [0.25, 0.3) is 5.56 Å². The lowest BCUT2D eigenvalue weighted by Crippen LogP contribution is -2.61. The van der Waals surface area contributed by atoms with Gasteiger partial charge in [-0.15, -0.1) is 0 Å². The topological polar surface area (TPSA) is 148 Å². The van der Waals surface area contributed by atoms with Gasteiger partial charge in [0.15, 0.2) is 0 Å². The van der Waals surface area contributed by atoms with Crippen LogP contribution in [0.4, 0.5) is 0 Å². The minimum absolute atomic E-state index is 0.0722. The van der Waals surface area contributed by atoms with E-state index in [1.165, 1.54) is 27.4 Å². The molecule has 2 atom stereocenters. The van der Waals surface area contributed by atoms with E-state index in [1.807, 2.05) is 20.8 Å². The lowest BCUT2D eigenvalue weighted by Gasteiger charge is -2.34. The highest BCUT2D eigenvalue weighted by Crippen LogP contribution is 2.22. The molecule has 1 fully saturated rings. The van der Waals surface area contributed by atoms with Crippen molar-refractivity contribution in [3.63, 3.8) is 0 Å². The van der Waals surface area contributed by atoms with Gasteiger partial charge in [-0.25, -0.2) is 21.5 Å². The molecule has 1 saturated heterocycles. The molecule has 184 valence electrons. The van der Waals surface area contributed by atoms with E-state index in [4.69, 9.17) is 0 Å². The monoisotopic (exact) mass is 509 g/mol. The van der Waals surface area contributed by atoms with Crippen LogP contribution in [0.2, 0.25) is 0 Å². The normalized spacial score (nSPS) is 23.6. The summed E-state index contributed by atoms with van der Waals surface area (Å²) in [5.41, 5.74) is -0.922. The fraction of sp³-hybridized carbons (Fsp3) is 0.429. The number of aromatic nitrogens is 2. The number of aryl methyl sites for hydroxylation is 1. The number of nitrogens with one attached hydrogen (secondary N) is 3. The second kappa shape index (κ2) is 8.01. The Morgan fingerprint density at radius 1 is 1.21 bits per heavy atom. The van der Waals surface area contributed by atoms with Gasteiger partial charge in [0, 0.05) is 18.4 Å². The van der Waals surface area contributed by atoms with Crippen molar-refractivity contribution in [3.8, 4) is 0 Å². The zero-order valence-electron chi connectivity index (χ0n) is 19.2.